The minimum Gasteiger partial charge on any atom is -0.465 e. The van der Waals surface area contributed by atoms with E-state index >= 15 is 0 Å². The minimum absolute atomic E-state index is 0.00544. The summed E-state index contributed by atoms with van der Waals surface area (Å²) in [5.41, 5.74) is 1.03. The first kappa shape index (κ1) is 17.6. The molecule has 2 rings (SSSR count). The van der Waals surface area contributed by atoms with Gasteiger partial charge in [0, 0.05) is 11.8 Å². The second kappa shape index (κ2) is 5.73. The Kier molecular flexibility index (Phi) is 4.21. The molecule has 0 radical (unpaired) electrons. The van der Waals surface area contributed by atoms with Gasteiger partial charge in [0.2, 0.25) is 0 Å². The number of nitrogen functional groups attached to an aromatic ring is 1. The third kappa shape index (κ3) is 3.29. The highest BCUT2D eigenvalue weighted by Gasteiger charge is 2.42. The average molecular weight is 353 g/mol. The van der Waals surface area contributed by atoms with Crippen LogP contribution in [0.25, 0.3) is 5.69 Å². The minimum atomic E-state index is -5.13. The van der Waals surface area contributed by atoms with Crippen LogP contribution in [-0.2, 0) is 17.1 Å². The van der Waals surface area contributed by atoms with E-state index in [1.165, 1.54) is 0 Å². The number of carbonyl (C=O) groups is 1. The Morgan fingerprint density at radius 3 is 2.25 bits per heavy atom. The molecule has 1 aromatic carbocycles. The van der Waals surface area contributed by atoms with Gasteiger partial charge in [-0.05, 0) is 18.2 Å². The number of anilines is 1. The molecule has 24 heavy (non-hydrogen) atoms. The Bertz CT molecular complexity index is 779. The number of aromatic nitrogens is 2. The Balaban J connectivity index is 2.77. The molecule has 0 unspecified atom stereocenters. The maximum atomic E-state index is 13.1. The molecule has 5 nitrogen and oxygen atoms in total. The maximum absolute atomic E-state index is 13.1. The first-order chi connectivity index (χ1) is 10.9. The zero-order valence-corrected chi connectivity index (χ0v) is 11.9. The van der Waals surface area contributed by atoms with Crippen LogP contribution in [0.3, 0.4) is 0 Å². The molecule has 0 saturated carbocycles. The summed E-state index contributed by atoms with van der Waals surface area (Å²) in [6, 6.07) is 2.91. The van der Waals surface area contributed by atoms with Gasteiger partial charge in [-0.3, -0.25) is 0 Å². The van der Waals surface area contributed by atoms with Crippen molar-refractivity contribution in [3.63, 3.8) is 0 Å². The molecule has 1 aromatic heterocycles. The Morgan fingerprint density at radius 2 is 1.75 bits per heavy atom. The van der Waals surface area contributed by atoms with Crippen LogP contribution in [0.4, 0.5) is 32.0 Å². The van der Waals surface area contributed by atoms with E-state index in [0.29, 0.717) is 0 Å². The lowest BCUT2D eigenvalue weighted by atomic mass is 10.1. The van der Waals surface area contributed by atoms with Gasteiger partial charge in [-0.1, -0.05) is 0 Å². The van der Waals surface area contributed by atoms with Crippen molar-refractivity contribution in [2.24, 2.45) is 0 Å². The number of nitrogens with zero attached hydrogens (tertiary/aromatic N) is 2. The zero-order chi connectivity index (χ0) is 18.3. The van der Waals surface area contributed by atoms with E-state index in [1.807, 2.05) is 0 Å². The Labute approximate surface area is 130 Å². The molecule has 1 heterocycles. The number of hydrogen-bond donors (Lipinski definition) is 1. The lowest BCUT2D eigenvalue weighted by Gasteiger charge is -2.13. The van der Waals surface area contributed by atoms with E-state index in [0.717, 1.165) is 25.3 Å². The van der Waals surface area contributed by atoms with Crippen LogP contribution in [0.15, 0.2) is 24.3 Å². The highest BCUT2D eigenvalue weighted by molar-refractivity contribution is 5.94. The summed E-state index contributed by atoms with van der Waals surface area (Å²) in [7, 11) is 0.963. The van der Waals surface area contributed by atoms with E-state index in [4.69, 9.17) is 5.73 Å². The molecule has 0 saturated heterocycles. The fraction of sp³-hybridized carbons (Fsp3) is 0.231. The molecule has 11 heteroatoms. The second-order valence-electron chi connectivity index (χ2n) is 4.59. The van der Waals surface area contributed by atoms with Crippen molar-refractivity contribution in [1.82, 2.24) is 9.78 Å². The van der Waals surface area contributed by atoms with E-state index in [9.17, 15) is 31.1 Å². The Morgan fingerprint density at radius 1 is 1.12 bits per heavy atom. The smallest absolute Gasteiger partial charge is 0.435 e. The van der Waals surface area contributed by atoms with Crippen molar-refractivity contribution in [2.75, 3.05) is 12.8 Å². The van der Waals surface area contributed by atoms with Gasteiger partial charge in [-0.15, -0.1) is 0 Å². The predicted molar refractivity (Wildman–Crippen MR) is 69.3 cm³/mol. The molecular formula is C13H9F6N3O2. The maximum Gasteiger partial charge on any atom is 0.435 e. The van der Waals surface area contributed by atoms with Gasteiger partial charge in [0.05, 0.1) is 18.4 Å². The third-order valence-electron chi connectivity index (χ3n) is 2.94. The van der Waals surface area contributed by atoms with E-state index in [-0.39, 0.29) is 16.4 Å². The lowest BCUT2D eigenvalue weighted by Crippen LogP contribution is -2.17. The average Bonchev–Trinajstić information content (AvgIpc) is 2.91. The number of benzene rings is 1. The molecule has 0 aliphatic carbocycles. The van der Waals surface area contributed by atoms with E-state index < -0.39 is 41.0 Å². The summed E-state index contributed by atoms with van der Waals surface area (Å²) >= 11 is 0. The van der Waals surface area contributed by atoms with Gasteiger partial charge < -0.3 is 10.5 Å². The summed E-state index contributed by atoms with van der Waals surface area (Å²) in [5, 5.41) is 2.95. The van der Waals surface area contributed by atoms with Crippen LogP contribution < -0.4 is 5.73 Å². The quantitative estimate of drug-likeness (QED) is 0.511. The molecule has 0 amide bonds. The van der Waals surface area contributed by atoms with Crippen LogP contribution in [0, 0.1) is 0 Å². The van der Waals surface area contributed by atoms with Crippen LogP contribution >= 0.6 is 0 Å². The van der Waals surface area contributed by atoms with Gasteiger partial charge in [0.25, 0.3) is 0 Å². The summed E-state index contributed by atoms with van der Waals surface area (Å²) in [5.74, 6) is -1.07. The SMILES string of the molecule is COC(=O)c1cc(N)ccc1-n1nc(C(F)(F)F)cc1C(F)(F)F. The van der Waals surface area contributed by atoms with Crippen molar-refractivity contribution in [2.45, 2.75) is 12.4 Å². The first-order valence-corrected chi connectivity index (χ1v) is 6.18. The largest absolute Gasteiger partial charge is 0.465 e. The van der Waals surface area contributed by atoms with Crippen LogP contribution in [-0.4, -0.2) is 22.9 Å². The van der Waals surface area contributed by atoms with Gasteiger partial charge in [-0.2, -0.15) is 31.4 Å². The summed E-state index contributed by atoms with van der Waals surface area (Å²) in [6.07, 6.45) is -10.2. The fourth-order valence-corrected chi connectivity index (χ4v) is 1.92. The van der Waals surface area contributed by atoms with Gasteiger partial charge in [0.1, 0.15) is 5.69 Å². The van der Waals surface area contributed by atoms with Crippen molar-refractivity contribution in [1.29, 1.82) is 0 Å². The number of esters is 1. The standard InChI is InChI=1S/C13H9F6N3O2/c1-24-11(23)7-4-6(20)2-3-8(7)22-10(13(17,18)19)5-9(21-22)12(14,15)16/h2-5H,20H2,1H3. The second-order valence-corrected chi connectivity index (χ2v) is 4.59. The van der Waals surface area contributed by atoms with Crippen LogP contribution in [0.1, 0.15) is 21.7 Å². The topological polar surface area (TPSA) is 70.1 Å². The number of alkyl halides is 6. The van der Waals surface area contributed by atoms with Gasteiger partial charge in [-0.25, -0.2) is 9.48 Å². The number of ether oxygens (including phenoxy) is 1. The van der Waals surface area contributed by atoms with Crippen molar-refractivity contribution in [3.05, 3.63) is 41.2 Å². The number of hydrogen-bond acceptors (Lipinski definition) is 4. The molecule has 0 bridgehead atoms. The number of methoxy groups -OCH3 is 1. The van der Waals surface area contributed by atoms with Crippen molar-refractivity contribution < 1.29 is 35.9 Å². The molecular weight excluding hydrogens is 344 g/mol. The van der Waals surface area contributed by atoms with E-state index in [2.05, 4.69) is 9.84 Å². The van der Waals surface area contributed by atoms with Gasteiger partial charge >= 0.3 is 18.3 Å². The number of nitrogens with two attached hydrogens (primary N) is 1. The molecule has 0 aliphatic rings. The molecule has 0 fully saturated rings. The highest BCUT2D eigenvalue weighted by Crippen LogP contribution is 2.37. The van der Waals surface area contributed by atoms with Crippen molar-refractivity contribution in [3.8, 4) is 5.69 Å². The van der Waals surface area contributed by atoms with E-state index in [1.54, 1.807) is 0 Å². The number of carbonyl (C=O) groups excluding carboxylic acids is 1. The predicted octanol–water partition coefficient (Wildman–Crippen LogP) is 3.28. The molecule has 0 atom stereocenters. The highest BCUT2D eigenvalue weighted by atomic mass is 19.4. The summed E-state index contributed by atoms with van der Waals surface area (Å²) in [6.45, 7) is 0. The third-order valence-corrected chi connectivity index (χ3v) is 2.94. The zero-order valence-electron chi connectivity index (χ0n) is 11.9. The molecule has 130 valence electrons. The number of halogens is 6. The summed E-state index contributed by atoms with van der Waals surface area (Å²) < 4.78 is 81.7. The molecule has 2 N–H and O–H groups in total. The molecule has 0 aliphatic heterocycles. The Hall–Kier alpha value is -2.72. The van der Waals surface area contributed by atoms with Crippen LogP contribution in [0.2, 0.25) is 0 Å². The normalized spacial score (nSPS) is 12.3. The molecule has 0 spiro atoms. The van der Waals surface area contributed by atoms with Crippen molar-refractivity contribution >= 4 is 11.7 Å². The monoisotopic (exact) mass is 353 g/mol. The number of rotatable bonds is 2. The summed E-state index contributed by atoms with van der Waals surface area (Å²) in [4.78, 5) is 11.7. The fourth-order valence-electron chi connectivity index (χ4n) is 1.92. The first-order valence-electron chi connectivity index (χ1n) is 6.18. The molecule has 2 aromatic rings. The lowest BCUT2D eigenvalue weighted by molar-refractivity contribution is -0.143. The van der Waals surface area contributed by atoms with Gasteiger partial charge in [0.15, 0.2) is 5.69 Å². The van der Waals surface area contributed by atoms with Crippen LogP contribution in [0.5, 0.6) is 0 Å².